The number of esters is 1. The van der Waals surface area contributed by atoms with Crippen LogP contribution in [0.4, 0.5) is 0 Å². The summed E-state index contributed by atoms with van der Waals surface area (Å²) in [6, 6.07) is 15.2. The van der Waals surface area contributed by atoms with Gasteiger partial charge in [-0.2, -0.15) is 0 Å². The van der Waals surface area contributed by atoms with Gasteiger partial charge in [0, 0.05) is 12.1 Å². The minimum atomic E-state index is -0.374. The Morgan fingerprint density at radius 1 is 1.15 bits per heavy atom. The Balaban J connectivity index is 1.69. The van der Waals surface area contributed by atoms with Gasteiger partial charge >= 0.3 is 5.97 Å². The highest BCUT2D eigenvalue weighted by atomic mass is 16.6. The number of fused-ring (bicyclic) bond motifs is 1. The third-order valence-corrected chi connectivity index (χ3v) is 3.34. The van der Waals surface area contributed by atoms with Crippen LogP contribution in [0.15, 0.2) is 48.5 Å². The molecule has 3 rings (SSSR count). The molecule has 20 heavy (non-hydrogen) atoms. The first-order valence-corrected chi connectivity index (χ1v) is 6.44. The molecule has 1 aliphatic heterocycles. The number of hydrogen-bond acceptors (Lipinski definition) is 4. The van der Waals surface area contributed by atoms with Crippen LogP contribution >= 0.6 is 0 Å². The number of benzene rings is 2. The Hall–Kier alpha value is -2.33. The predicted molar refractivity (Wildman–Crippen MR) is 74.4 cm³/mol. The molecular weight excluding hydrogens is 254 g/mol. The zero-order valence-corrected chi connectivity index (χ0v) is 11.1. The monoisotopic (exact) mass is 269 g/mol. The number of carbonyl (C=O) groups excluding carboxylic acids is 1. The normalized spacial score (nSPS) is 16.6. The van der Waals surface area contributed by atoms with Crippen molar-refractivity contribution in [2.45, 2.75) is 12.8 Å². The summed E-state index contributed by atoms with van der Waals surface area (Å²) in [6.45, 7) is 0.621. The molecule has 0 bridgehead atoms. The second-order valence-corrected chi connectivity index (χ2v) is 4.60. The fourth-order valence-corrected chi connectivity index (χ4v) is 2.25. The van der Waals surface area contributed by atoms with Crippen molar-refractivity contribution in [2.75, 3.05) is 7.11 Å². The van der Waals surface area contributed by atoms with Gasteiger partial charge < -0.3 is 9.47 Å². The molecule has 4 nitrogen and oxygen atoms in total. The number of ether oxygens (including phenoxy) is 2. The smallest absolute Gasteiger partial charge is 0.340 e. The first kappa shape index (κ1) is 12.7. The van der Waals surface area contributed by atoms with Crippen molar-refractivity contribution in [1.82, 2.24) is 5.32 Å². The van der Waals surface area contributed by atoms with Crippen LogP contribution in [0.1, 0.15) is 27.7 Å². The second kappa shape index (κ2) is 5.35. The van der Waals surface area contributed by atoms with E-state index in [1.165, 1.54) is 0 Å². The quantitative estimate of drug-likeness (QED) is 0.867. The maximum absolute atomic E-state index is 11.7. The van der Waals surface area contributed by atoms with E-state index in [1.807, 2.05) is 42.5 Å². The minimum Gasteiger partial charge on any atom is -0.497 e. The lowest BCUT2D eigenvalue weighted by atomic mass is 10.1. The molecule has 0 radical (unpaired) electrons. The summed E-state index contributed by atoms with van der Waals surface area (Å²) in [5, 5.41) is 3.24. The lowest BCUT2D eigenvalue weighted by Gasteiger charge is -2.13. The van der Waals surface area contributed by atoms with Crippen molar-refractivity contribution in [3.63, 3.8) is 0 Å². The highest BCUT2D eigenvalue weighted by Gasteiger charge is 2.29. The van der Waals surface area contributed by atoms with E-state index >= 15 is 0 Å². The third kappa shape index (κ3) is 2.38. The van der Waals surface area contributed by atoms with Gasteiger partial charge in [-0.1, -0.05) is 30.3 Å². The van der Waals surface area contributed by atoms with Crippen LogP contribution in [0.5, 0.6) is 5.75 Å². The highest BCUT2D eigenvalue weighted by molar-refractivity contribution is 5.93. The summed E-state index contributed by atoms with van der Waals surface area (Å²) in [5.74, 6) is 0.555. The maximum Gasteiger partial charge on any atom is 0.340 e. The standard InChI is InChI=1S/C16H15NO3/c1-19-12-8-6-11(7-9-12)10-17-15-13-4-2-3-5-14(13)16(18)20-15/h2-9,15,17H,10H2,1H3. The first-order valence-electron chi connectivity index (χ1n) is 6.44. The lowest BCUT2D eigenvalue weighted by molar-refractivity contribution is 0.0303. The summed E-state index contributed by atoms with van der Waals surface area (Å²) in [7, 11) is 1.64. The van der Waals surface area contributed by atoms with Gasteiger partial charge in [0.25, 0.3) is 0 Å². The number of hydrogen-bond donors (Lipinski definition) is 1. The number of methoxy groups -OCH3 is 1. The van der Waals surface area contributed by atoms with Gasteiger partial charge in [0.05, 0.1) is 12.7 Å². The van der Waals surface area contributed by atoms with Crippen molar-refractivity contribution < 1.29 is 14.3 Å². The number of cyclic esters (lactones) is 1. The largest absolute Gasteiger partial charge is 0.497 e. The first-order chi connectivity index (χ1) is 9.78. The third-order valence-electron chi connectivity index (χ3n) is 3.34. The predicted octanol–water partition coefficient (Wildman–Crippen LogP) is 2.65. The SMILES string of the molecule is COc1ccc(CNC2OC(=O)c3ccccc32)cc1. The molecule has 4 heteroatoms. The van der Waals surface area contributed by atoms with E-state index in [0.717, 1.165) is 16.9 Å². The van der Waals surface area contributed by atoms with Crippen LogP contribution in [0.3, 0.4) is 0 Å². The molecule has 0 saturated carbocycles. The topological polar surface area (TPSA) is 47.6 Å². The van der Waals surface area contributed by atoms with Crippen molar-refractivity contribution in [2.24, 2.45) is 0 Å². The number of rotatable bonds is 4. The zero-order valence-electron chi connectivity index (χ0n) is 11.1. The van der Waals surface area contributed by atoms with Gasteiger partial charge in [-0.3, -0.25) is 5.32 Å². The Labute approximate surface area is 117 Å². The van der Waals surface area contributed by atoms with Crippen LogP contribution < -0.4 is 10.1 Å². The van der Waals surface area contributed by atoms with Crippen molar-refractivity contribution in [1.29, 1.82) is 0 Å². The van der Waals surface area contributed by atoms with Crippen LogP contribution in [-0.4, -0.2) is 13.1 Å². The van der Waals surface area contributed by atoms with Crippen molar-refractivity contribution in [3.05, 3.63) is 65.2 Å². The van der Waals surface area contributed by atoms with E-state index in [1.54, 1.807) is 13.2 Å². The molecule has 0 aliphatic carbocycles. The molecule has 0 saturated heterocycles. The molecule has 0 spiro atoms. The average Bonchev–Trinajstić information content (AvgIpc) is 2.83. The Morgan fingerprint density at radius 2 is 1.90 bits per heavy atom. The van der Waals surface area contributed by atoms with Crippen LogP contribution in [0.2, 0.25) is 0 Å². The van der Waals surface area contributed by atoms with E-state index in [0.29, 0.717) is 12.1 Å². The molecule has 0 aromatic heterocycles. The molecule has 1 unspecified atom stereocenters. The summed E-state index contributed by atoms with van der Waals surface area (Å²) in [6.07, 6.45) is -0.374. The summed E-state index contributed by atoms with van der Waals surface area (Å²) in [5.41, 5.74) is 2.64. The molecule has 1 atom stereocenters. The molecule has 1 aliphatic rings. The summed E-state index contributed by atoms with van der Waals surface area (Å²) < 4.78 is 10.4. The van der Waals surface area contributed by atoms with Gasteiger partial charge in [0.2, 0.25) is 0 Å². The van der Waals surface area contributed by atoms with Crippen LogP contribution in [0.25, 0.3) is 0 Å². The van der Waals surface area contributed by atoms with Gasteiger partial charge in [-0.15, -0.1) is 0 Å². The van der Waals surface area contributed by atoms with Crippen LogP contribution in [-0.2, 0) is 11.3 Å². The van der Waals surface area contributed by atoms with E-state index < -0.39 is 0 Å². The Morgan fingerprint density at radius 3 is 2.65 bits per heavy atom. The van der Waals surface area contributed by atoms with Crippen LogP contribution in [0, 0.1) is 0 Å². The van der Waals surface area contributed by atoms with Crippen molar-refractivity contribution in [3.8, 4) is 5.75 Å². The summed E-state index contributed by atoms with van der Waals surface area (Å²) >= 11 is 0. The highest BCUT2D eigenvalue weighted by Crippen LogP contribution is 2.28. The van der Waals surface area contributed by atoms with E-state index in [9.17, 15) is 4.79 Å². The molecule has 2 aromatic rings. The number of carbonyl (C=O) groups is 1. The lowest BCUT2D eigenvalue weighted by Crippen LogP contribution is -2.20. The molecule has 102 valence electrons. The van der Waals surface area contributed by atoms with Gasteiger partial charge in [0.15, 0.2) is 6.23 Å². The Kier molecular flexibility index (Phi) is 3.39. The molecule has 2 aromatic carbocycles. The van der Waals surface area contributed by atoms with Gasteiger partial charge in [0.1, 0.15) is 5.75 Å². The fourth-order valence-electron chi connectivity index (χ4n) is 2.25. The Bertz CT molecular complexity index is 622. The molecule has 0 fully saturated rings. The molecule has 1 N–H and O–H groups in total. The summed E-state index contributed by atoms with van der Waals surface area (Å²) in [4.78, 5) is 11.7. The van der Waals surface area contributed by atoms with E-state index in [-0.39, 0.29) is 12.2 Å². The van der Waals surface area contributed by atoms with E-state index in [2.05, 4.69) is 5.32 Å². The molecular formula is C16H15NO3. The van der Waals surface area contributed by atoms with Gasteiger partial charge in [-0.25, -0.2) is 4.79 Å². The fraction of sp³-hybridized carbons (Fsp3) is 0.188. The zero-order chi connectivity index (χ0) is 13.9. The minimum absolute atomic E-state index is 0.271. The second-order valence-electron chi connectivity index (χ2n) is 4.60. The maximum atomic E-state index is 11.7. The number of nitrogens with one attached hydrogen (secondary N) is 1. The average molecular weight is 269 g/mol. The van der Waals surface area contributed by atoms with Gasteiger partial charge in [-0.05, 0) is 23.8 Å². The molecule has 0 amide bonds. The molecule has 1 heterocycles. The van der Waals surface area contributed by atoms with Crippen molar-refractivity contribution >= 4 is 5.97 Å². The van der Waals surface area contributed by atoms with E-state index in [4.69, 9.17) is 9.47 Å².